The molecule has 1 unspecified atom stereocenters. The van der Waals surface area contributed by atoms with Crippen LogP contribution in [-0.2, 0) is 9.53 Å². The summed E-state index contributed by atoms with van der Waals surface area (Å²) in [7, 11) is 0. The summed E-state index contributed by atoms with van der Waals surface area (Å²) in [4.78, 5) is 43.0. The van der Waals surface area contributed by atoms with Crippen LogP contribution in [-0.4, -0.2) is 59.7 Å². The molecule has 0 aliphatic carbocycles. The second-order valence-corrected chi connectivity index (χ2v) is 8.30. The van der Waals surface area contributed by atoms with Gasteiger partial charge in [0, 0.05) is 57.3 Å². The molecule has 0 aromatic carbocycles. The van der Waals surface area contributed by atoms with Crippen molar-refractivity contribution in [3.05, 3.63) is 57.4 Å². The molecule has 9 nitrogen and oxygen atoms in total. The van der Waals surface area contributed by atoms with Gasteiger partial charge in [0.1, 0.15) is 17.4 Å². The third-order valence-corrected chi connectivity index (χ3v) is 5.66. The number of aromatic nitrogens is 1. The molecule has 2 aromatic rings. The number of aryl methyl sites for hydroxylation is 2. The fraction of sp³-hybridized carbons (Fsp3) is 0.500. The Morgan fingerprint density at radius 3 is 2.52 bits per heavy atom. The predicted octanol–water partition coefficient (Wildman–Crippen LogP) is 2.95. The van der Waals surface area contributed by atoms with Crippen LogP contribution < -0.4 is 10.5 Å². The SMILES string of the molecule is CC(=O)O.Cc1cc(N2CCCN(C(=O)c3c(C)cc(C4CCCO4)oc3=O)CC2)ccn1. The summed E-state index contributed by atoms with van der Waals surface area (Å²) in [5.41, 5.74) is 2.32. The molecule has 33 heavy (non-hydrogen) atoms. The van der Waals surface area contributed by atoms with E-state index in [2.05, 4.69) is 16.0 Å². The molecule has 1 amide bonds. The first kappa shape index (κ1) is 24.4. The Hall–Kier alpha value is -3.20. The minimum absolute atomic E-state index is 0.139. The van der Waals surface area contributed by atoms with E-state index in [0.29, 0.717) is 37.6 Å². The van der Waals surface area contributed by atoms with Gasteiger partial charge in [0.2, 0.25) is 0 Å². The number of hydrogen-bond donors (Lipinski definition) is 1. The molecule has 9 heteroatoms. The van der Waals surface area contributed by atoms with E-state index in [0.717, 1.165) is 44.1 Å². The Bertz CT molecular complexity index is 1040. The van der Waals surface area contributed by atoms with Crippen molar-refractivity contribution in [1.82, 2.24) is 9.88 Å². The molecule has 1 atom stereocenters. The lowest BCUT2D eigenvalue weighted by molar-refractivity contribution is -0.134. The molecule has 0 radical (unpaired) electrons. The molecule has 2 fully saturated rings. The molecule has 0 spiro atoms. The Morgan fingerprint density at radius 1 is 1.12 bits per heavy atom. The van der Waals surface area contributed by atoms with Gasteiger partial charge in [-0.15, -0.1) is 0 Å². The fourth-order valence-corrected chi connectivity index (χ4v) is 4.11. The van der Waals surface area contributed by atoms with Crippen molar-refractivity contribution in [2.75, 3.05) is 37.7 Å². The quantitative estimate of drug-likeness (QED) is 0.749. The Kier molecular flexibility index (Phi) is 8.21. The third-order valence-electron chi connectivity index (χ3n) is 5.66. The van der Waals surface area contributed by atoms with Crippen molar-refractivity contribution in [2.45, 2.75) is 46.1 Å². The molecular formula is C24H31N3O6. The normalized spacial score (nSPS) is 18.3. The maximum Gasteiger partial charge on any atom is 0.349 e. The highest BCUT2D eigenvalue weighted by atomic mass is 16.5. The second kappa shape index (κ2) is 11.1. The van der Waals surface area contributed by atoms with Gasteiger partial charge in [-0.05, 0) is 56.9 Å². The highest BCUT2D eigenvalue weighted by Crippen LogP contribution is 2.28. The first-order valence-corrected chi connectivity index (χ1v) is 11.2. The highest BCUT2D eigenvalue weighted by Gasteiger charge is 2.27. The van der Waals surface area contributed by atoms with Crippen LogP contribution in [0.3, 0.4) is 0 Å². The van der Waals surface area contributed by atoms with Crippen molar-refractivity contribution in [2.24, 2.45) is 0 Å². The van der Waals surface area contributed by atoms with E-state index in [4.69, 9.17) is 19.1 Å². The molecule has 2 aliphatic rings. The van der Waals surface area contributed by atoms with Gasteiger partial charge in [-0.25, -0.2) is 4.79 Å². The van der Waals surface area contributed by atoms with Crippen molar-refractivity contribution in [1.29, 1.82) is 0 Å². The number of carboxylic acid groups (broad SMARTS) is 1. The number of amides is 1. The number of carbonyl (C=O) groups excluding carboxylic acids is 1. The Balaban J connectivity index is 0.000000709. The van der Waals surface area contributed by atoms with E-state index in [-0.39, 0.29) is 17.6 Å². The standard InChI is InChI=1S/C22H27N3O4.C2H4O2/c1-15-13-19(18-5-3-12-28-18)29-22(27)20(15)21(26)25-9-4-8-24(10-11-25)17-6-7-23-16(2)14-17;1-2(3)4/h6-7,13-14,18H,3-5,8-12H2,1-2H3;1H3,(H,3,4). The van der Waals surface area contributed by atoms with E-state index < -0.39 is 11.6 Å². The molecule has 2 aliphatic heterocycles. The summed E-state index contributed by atoms with van der Waals surface area (Å²) in [5, 5.41) is 7.42. The van der Waals surface area contributed by atoms with Crippen LogP contribution in [0, 0.1) is 13.8 Å². The van der Waals surface area contributed by atoms with E-state index in [1.54, 1.807) is 17.9 Å². The number of carboxylic acids is 1. The fourth-order valence-electron chi connectivity index (χ4n) is 4.11. The number of rotatable bonds is 3. The molecule has 0 bridgehead atoms. The number of pyridine rings is 1. The summed E-state index contributed by atoms with van der Waals surface area (Å²) in [6.07, 6.45) is 4.26. The van der Waals surface area contributed by atoms with Crippen LogP contribution in [0.4, 0.5) is 5.69 Å². The first-order valence-electron chi connectivity index (χ1n) is 11.2. The van der Waals surface area contributed by atoms with E-state index in [1.165, 1.54) is 0 Å². The largest absolute Gasteiger partial charge is 0.481 e. The highest BCUT2D eigenvalue weighted by molar-refractivity contribution is 5.95. The summed E-state index contributed by atoms with van der Waals surface area (Å²) >= 11 is 0. The van der Waals surface area contributed by atoms with Gasteiger partial charge in [-0.2, -0.15) is 0 Å². The molecule has 2 aromatic heterocycles. The number of nitrogens with zero attached hydrogens (tertiary/aromatic N) is 3. The first-order chi connectivity index (χ1) is 15.8. The Labute approximate surface area is 193 Å². The van der Waals surface area contributed by atoms with Gasteiger partial charge in [0.15, 0.2) is 0 Å². The smallest absolute Gasteiger partial charge is 0.349 e. The summed E-state index contributed by atoms with van der Waals surface area (Å²) in [6, 6.07) is 5.83. The lowest BCUT2D eigenvalue weighted by atomic mass is 10.1. The molecule has 4 heterocycles. The zero-order chi connectivity index (χ0) is 24.0. The average Bonchev–Trinajstić information content (AvgIpc) is 3.17. The van der Waals surface area contributed by atoms with Crippen LogP contribution in [0.1, 0.15) is 59.7 Å². The van der Waals surface area contributed by atoms with Crippen LogP contribution in [0.25, 0.3) is 0 Å². The van der Waals surface area contributed by atoms with Crippen molar-refractivity contribution in [3.63, 3.8) is 0 Å². The number of anilines is 1. The minimum atomic E-state index is -0.833. The second-order valence-electron chi connectivity index (χ2n) is 8.30. The van der Waals surface area contributed by atoms with Crippen LogP contribution in [0.2, 0.25) is 0 Å². The van der Waals surface area contributed by atoms with Gasteiger partial charge >= 0.3 is 5.63 Å². The van der Waals surface area contributed by atoms with E-state index in [1.807, 2.05) is 19.2 Å². The van der Waals surface area contributed by atoms with Crippen molar-refractivity contribution in [3.8, 4) is 0 Å². The zero-order valence-electron chi connectivity index (χ0n) is 19.4. The molecule has 2 saturated heterocycles. The Morgan fingerprint density at radius 2 is 1.88 bits per heavy atom. The van der Waals surface area contributed by atoms with Crippen LogP contribution in [0.5, 0.6) is 0 Å². The molecule has 1 N–H and O–H groups in total. The molecule has 4 rings (SSSR count). The predicted molar refractivity (Wildman–Crippen MR) is 123 cm³/mol. The summed E-state index contributed by atoms with van der Waals surface area (Å²) in [5.74, 6) is -0.556. The minimum Gasteiger partial charge on any atom is -0.481 e. The van der Waals surface area contributed by atoms with Gasteiger partial charge in [-0.3, -0.25) is 14.6 Å². The lowest BCUT2D eigenvalue weighted by Gasteiger charge is -2.24. The number of carbonyl (C=O) groups is 2. The van der Waals surface area contributed by atoms with E-state index in [9.17, 15) is 9.59 Å². The topological polar surface area (TPSA) is 113 Å². The number of aliphatic carboxylic acids is 1. The van der Waals surface area contributed by atoms with Gasteiger partial charge in [0.25, 0.3) is 11.9 Å². The van der Waals surface area contributed by atoms with Gasteiger partial charge in [0.05, 0.1) is 0 Å². The summed E-state index contributed by atoms with van der Waals surface area (Å²) in [6.45, 7) is 8.28. The molecular weight excluding hydrogens is 426 g/mol. The lowest BCUT2D eigenvalue weighted by Crippen LogP contribution is -2.38. The van der Waals surface area contributed by atoms with Crippen molar-refractivity contribution >= 4 is 17.6 Å². The average molecular weight is 458 g/mol. The van der Waals surface area contributed by atoms with Gasteiger partial charge < -0.3 is 24.1 Å². The maximum absolute atomic E-state index is 13.1. The number of hydrogen-bond acceptors (Lipinski definition) is 7. The van der Waals surface area contributed by atoms with Gasteiger partial charge in [-0.1, -0.05) is 0 Å². The third kappa shape index (κ3) is 6.41. The monoisotopic (exact) mass is 457 g/mol. The molecule has 178 valence electrons. The van der Waals surface area contributed by atoms with Crippen molar-refractivity contribution < 1.29 is 23.8 Å². The van der Waals surface area contributed by atoms with Crippen LogP contribution >= 0.6 is 0 Å². The van der Waals surface area contributed by atoms with E-state index >= 15 is 0 Å². The summed E-state index contributed by atoms with van der Waals surface area (Å²) < 4.78 is 11.1. The molecule has 0 saturated carbocycles. The number of ether oxygens (including phenoxy) is 1. The van der Waals surface area contributed by atoms with Crippen LogP contribution in [0.15, 0.2) is 33.6 Å². The zero-order valence-corrected chi connectivity index (χ0v) is 19.4. The maximum atomic E-state index is 13.1.